The molecule has 0 aliphatic rings. The van der Waals surface area contributed by atoms with Gasteiger partial charge in [0.05, 0.1) is 16.9 Å². The molecule has 1 N–H and O–H groups in total. The van der Waals surface area contributed by atoms with E-state index in [0.717, 1.165) is 16.9 Å². The fourth-order valence-electron chi connectivity index (χ4n) is 2.10. The van der Waals surface area contributed by atoms with Crippen LogP contribution in [0.15, 0.2) is 18.2 Å². The molecule has 0 aliphatic heterocycles. The molecule has 2 aromatic rings. The van der Waals surface area contributed by atoms with E-state index in [1.165, 1.54) is 12.5 Å². The van der Waals surface area contributed by atoms with Crippen LogP contribution in [0.4, 0.5) is 0 Å². The van der Waals surface area contributed by atoms with E-state index < -0.39 is 0 Å². The number of imidazole rings is 1. The minimum Gasteiger partial charge on any atom is -0.355 e. The number of hydrogen-bond acceptors (Lipinski definition) is 2. The van der Waals surface area contributed by atoms with E-state index in [-0.39, 0.29) is 5.91 Å². The number of nitrogens with one attached hydrogen (secondary N) is 1. The molecule has 96 valence electrons. The van der Waals surface area contributed by atoms with Crippen LogP contribution in [-0.4, -0.2) is 22.0 Å². The van der Waals surface area contributed by atoms with Gasteiger partial charge in [-0.1, -0.05) is 12.1 Å². The van der Waals surface area contributed by atoms with Crippen molar-refractivity contribution < 1.29 is 4.79 Å². The summed E-state index contributed by atoms with van der Waals surface area (Å²) >= 11 is 5.93. The van der Waals surface area contributed by atoms with Gasteiger partial charge in [0.2, 0.25) is 5.91 Å². The number of carbonyl (C=O) groups excluding carboxylic acids is 1. The number of carbonyl (C=O) groups is 1. The molecule has 4 nitrogen and oxygen atoms in total. The highest BCUT2D eigenvalue weighted by atomic mass is 35.5. The molecule has 0 spiro atoms. The van der Waals surface area contributed by atoms with Crippen molar-refractivity contribution in [3.05, 3.63) is 29.6 Å². The third kappa shape index (κ3) is 2.48. The smallest absolute Gasteiger partial charge is 0.216 e. The number of fused-ring (bicyclic) bond motifs is 1. The van der Waals surface area contributed by atoms with E-state index in [9.17, 15) is 4.79 Å². The van der Waals surface area contributed by atoms with E-state index in [4.69, 9.17) is 11.6 Å². The molecule has 2 rings (SSSR count). The van der Waals surface area contributed by atoms with Gasteiger partial charge in [0.25, 0.3) is 0 Å². The molecule has 0 bridgehead atoms. The van der Waals surface area contributed by atoms with E-state index in [1.54, 1.807) is 0 Å². The summed E-state index contributed by atoms with van der Waals surface area (Å²) in [5.41, 5.74) is 3.21. The lowest BCUT2D eigenvalue weighted by Gasteiger charge is -2.09. The quantitative estimate of drug-likeness (QED) is 0.862. The summed E-state index contributed by atoms with van der Waals surface area (Å²) in [6.45, 7) is 4.83. The molecule has 0 radical (unpaired) electrons. The number of aryl methyl sites for hydroxylation is 1. The van der Waals surface area contributed by atoms with E-state index >= 15 is 0 Å². The van der Waals surface area contributed by atoms with Crippen LogP contribution >= 0.6 is 11.6 Å². The van der Waals surface area contributed by atoms with Crippen molar-refractivity contribution in [1.29, 1.82) is 0 Å². The van der Waals surface area contributed by atoms with Crippen LogP contribution < -0.4 is 5.32 Å². The summed E-state index contributed by atoms with van der Waals surface area (Å²) in [7, 11) is 0. The summed E-state index contributed by atoms with van der Waals surface area (Å²) in [6, 6.07) is 6.02. The largest absolute Gasteiger partial charge is 0.355 e. The van der Waals surface area contributed by atoms with E-state index in [2.05, 4.69) is 27.9 Å². The summed E-state index contributed by atoms with van der Waals surface area (Å²) in [6.07, 6.45) is 0. The van der Waals surface area contributed by atoms with Crippen LogP contribution in [0.25, 0.3) is 11.0 Å². The molecule has 0 saturated carbocycles. The van der Waals surface area contributed by atoms with Gasteiger partial charge in [0.15, 0.2) is 0 Å². The second-order valence-corrected chi connectivity index (χ2v) is 4.51. The third-order valence-electron chi connectivity index (χ3n) is 2.88. The van der Waals surface area contributed by atoms with E-state index in [1.807, 2.05) is 12.1 Å². The molecule has 1 aromatic carbocycles. The lowest BCUT2D eigenvalue weighted by Crippen LogP contribution is -2.25. The van der Waals surface area contributed by atoms with Gasteiger partial charge in [0.1, 0.15) is 5.82 Å². The van der Waals surface area contributed by atoms with Gasteiger partial charge in [-0.3, -0.25) is 4.79 Å². The highest BCUT2D eigenvalue weighted by Gasteiger charge is 2.11. The summed E-state index contributed by atoms with van der Waals surface area (Å²) in [5.74, 6) is 1.18. The second-order valence-electron chi connectivity index (χ2n) is 4.24. The lowest BCUT2D eigenvalue weighted by atomic mass is 10.2. The Morgan fingerprint density at radius 2 is 2.28 bits per heavy atom. The minimum atomic E-state index is -0.0245. The predicted octanol–water partition coefficient (Wildman–Crippen LogP) is 2.22. The Hall–Kier alpha value is -1.55. The zero-order chi connectivity index (χ0) is 13.1. The maximum absolute atomic E-state index is 10.9. The summed E-state index contributed by atoms with van der Waals surface area (Å²) in [4.78, 5) is 15.4. The monoisotopic (exact) mass is 265 g/mol. The zero-order valence-electron chi connectivity index (χ0n) is 10.5. The number of para-hydroxylation sites is 1. The Bertz CT molecular complexity index is 577. The molecule has 0 aliphatic carbocycles. The average Bonchev–Trinajstić information content (AvgIpc) is 2.68. The number of nitrogens with zero attached hydrogens (tertiary/aromatic N) is 2. The molecule has 1 aromatic heterocycles. The number of amides is 1. The summed E-state index contributed by atoms with van der Waals surface area (Å²) < 4.78 is 2.08. The fourth-order valence-corrected chi connectivity index (χ4v) is 2.30. The van der Waals surface area contributed by atoms with Gasteiger partial charge >= 0.3 is 0 Å². The molecule has 18 heavy (non-hydrogen) atoms. The highest BCUT2D eigenvalue weighted by molar-refractivity contribution is 6.16. The van der Waals surface area contributed by atoms with Crippen LogP contribution in [0, 0.1) is 6.92 Å². The number of hydrogen-bond donors (Lipinski definition) is 1. The standard InChI is InChI=1S/C13H16ClN3O/c1-9-4-3-5-11-13(9)17(12(8-14)16-11)7-6-15-10(2)18/h3-5H,6-8H2,1-2H3,(H,15,18). The molecule has 5 heteroatoms. The van der Waals surface area contributed by atoms with Crippen molar-refractivity contribution in [2.45, 2.75) is 26.3 Å². The Labute approximate surface area is 111 Å². The Morgan fingerprint density at radius 3 is 2.94 bits per heavy atom. The molecule has 0 atom stereocenters. The predicted molar refractivity (Wildman–Crippen MR) is 72.7 cm³/mol. The maximum Gasteiger partial charge on any atom is 0.216 e. The molecule has 1 amide bonds. The van der Waals surface area contributed by atoms with Crippen LogP contribution in [0.2, 0.25) is 0 Å². The Kier molecular flexibility index (Phi) is 3.87. The average molecular weight is 266 g/mol. The lowest BCUT2D eigenvalue weighted by molar-refractivity contribution is -0.118. The topological polar surface area (TPSA) is 46.9 Å². The van der Waals surface area contributed by atoms with Gasteiger partial charge in [-0.2, -0.15) is 0 Å². The molecular weight excluding hydrogens is 250 g/mol. The molecular formula is C13H16ClN3O. The molecule has 0 saturated heterocycles. The number of aromatic nitrogens is 2. The first-order valence-corrected chi connectivity index (χ1v) is 6.42. The van der Waals surface area contributed by atoms with E-state index in [0.29, 0.717) is 19.0 Å². The van der Waals surface area contributed by atoms with Crippen LogP contribution in [-0.2, 0) is 17.2 Å². The van der Waals surface area contributed by atoms with Gasteiger partial charge in [-0.25, -0.2) is 4.98 Å². The van der Waals surface area contributed by atoms with Gasteiger partial charge in [-0.15, -0.1) is 11.6 Å². The van der Waals surface area contributed by atoms with Crippen molar-refractivity contribution in [2.24, 2.45) is 0 Å². The third-order valence-corrected chi connectivity index (χ3v) is 3.12. The van der Waals surface area contributed by atoms with Crippen LogP contribution in [0.1, 0.15) is 18.3 Å². The van der Waals surface area contributed by atoms with Gasteiger partial charge < -0.3 is 9.88 Å². The Balaban J connectivity index is 2.37. The molecule has 1 heterocycles. The van der Waals surface area contributed by atoms with Gasteiger partial charge in [-0.05, 0) is 18.6 Å². The van der Waals surface area contributed by atoms with Crippen LogP contribution in [0.3, 0.4) is 0 Å². The minimum absolute atomic E-state index is 0.0245. The van der Waals surface area contributed by atoms with Crippen molar-refractivity contribution >= 4 is 28.5 Å². The van der Waals surface area contributed by atoms with Crippen molar-refractivity contribution in [3.8, 4) is 0 Å². The number of benzene rings is 1. The zero-order valence-corrected chi connectivity index (χ0v) is 11.3. The van der Waals surface area contributed by atoms with Crippen molar-refractivity contribution in [2.75, 3.05) is 6.54 Å². The van der Waals surface area contributed by atoms with Gasteiger partial charge in [0, 0.05) is 20.0 Å². The first kappa shape index (κ1) is 12.9. The first-order chi connectivity index (χ1) is 8.63. The molecule has 0 fully saturated rings. The SMILES string of the molecule is CC(=O)NCCn1c(CCl)nc2cccc(C)c21. The van der Waals surface area contributed by atoms with Crippen molar-refractivity contribution in [1.82, 2.24) is 14.9 Å². The normalized spacial score (nSPS) is 10.8. The fraction of sp³-hybridized carbons (Fsp3) is 0.385. The number of halogens is 1. The number of alkyl halides is 1. The van der Waals surface area contributed by atoms with Crippen LogP contribution in [0.5, 0.6) is 0 Å². The van der Waals surface area contributed by atoms with Crippen molar-refractivity contribution in [3.63, 3.8) is 0 Å². The summed E-state index contributed by atoms with van der Waals surface area (Å²) in [5, 5.41) is 2.79. The maximum atomic E-state index is 10.9. The second kappa shape index (κ2) is 5.40. The first-order valence-electron chi connectivity index (χ1n) is 5.88. The number of rotatable bonds is 4. The Morgan fingerprint density at radius 1 is 1.50 bits per heavy atom. The highest BCUT2D eigenvalue weighted by Crippen LogP contribution is 2.20. The molecule has 0 unspecified atom stereocenters.